The normalized spacial score (nSPS) is 10.7. The lowest BCUT2D eigenvalue weighted by Crippen LogP contribution is -2.35. The number of methoxy groups -OCH3 is 1. The van der Waals surface area contributed by atoms with E-state index in [4.69, 9.17) is 14.9 Å². The molecule has 0 saturated carbocycles. The quantitative estimate of drug-likeness (QED) is 0.887. The number of primary amides is 1. The molecule has 1 aromatic carbocycles. The minimum absolute atomic E-state index is 0.164. The van der Waals surface area contributed by atoms with Crippen molar-refractivity contribution in [3.63, 3.8) is 0 Å². The van der Waals surface area contributed by atoms with Crippen LogP contribution < -0.4 is 5.73 Å². The Bertz CT molecular complexity index is 648. The van der Waals surface area contributed by atoms with Gasteiger partial charge in [-0.2, -0.15) is 0 Å². The van der Waals surface area contributed by atoms with Crippen LogP contribution in [0.15, 0.2) is 28.7 Å². The molecular weight excluding hydrogens is 260 g/mol. The van der Waals surface area contributed by atoms with E-state index >= 15 is 0 Å². The molecule has 2 aromatic rings. The van der Waals surface area contributed by atoms with Crippen LogP contribution in [0.4, 0.5) is 0 Å². The maximum Gasteiger partial charge on any atom is 0.290 e. The number of likely N-dealkylation sites (N-methyl/N-ethyl adjacent to an activating group) is 1. The molecule has 6 heteroatoms. The Morgan fingerprint density at radius 3 is 2.70 bits per heavy atom. The van der Waals surface area contributed by atoms with Gasteiger partial charge < -0.3 is 19.8 Å². The highest BCUT2D eigenvalue weighted by molar-refractivity contribution is 6.00. The molecule has 0 atom stereocenters. The molecule has 0 saturated heterocycles. The summed E-state index contributed by atoms with van der Waals surface area (Å²) in [5, 5.41) is 0.824. The third kappa shape index (κ3) is 2.65. The second kappa shape index (κ2) is 5.75. The fourth-order valence-corrected chi connectivity index (χ4v) is 2.04. The van der Waals surface area contributed by atoms with Crippen LogP contribution in [0, 0.1) is 0 Å². The fraction of sp³-hybridized carbons (Fsp3) is 0.286. The Kier molecular flexibility index (Phi) is 4.05. The van der Waals surface area contributed by atoms with Gasteiger partial charge in [-0.25, -0.2) is 0 Å². The summed E-state index contributed by atoms with van der Waals surface area (Å²) < 4.78 is 10.7. The first-order valence-electron chi connectivity index (χ1n) is 6.07. The zero-order chi connectivity index (χ0) is 14.7. The summed E-state index contributed by atoms with van der Waals surface area (Å²) in [6, 6.07) is 7.32. The third-order valence-corrected chi connectivity index (χ3v) is 2.92. The van der Waals surface area contributed by atoms with Crippen LogP contribution >= 0.6 is 0 Å². The van der Waals surface area contributed by atoms with Crippen molar-refractivity contribution >= 4 is 22.8 Å². The molecule has 0 radical (unpaired) electrons. The molecule has 0 fully saturated rings. The van der Waals surface area contributed by atoms with Gasteiger partial charge in [0.2, 0.25) is 5.91 Å². The van der Waals surface area contributed by atoms with E-state index in [-0.39, 0.29) is 18.9 Å². The van der Waals surface area contributed by atoms with Gasteiger partial charge in [0.1, 0.15) is 5.58 Å². The van der Waals surface area contributed by atoms with Gasteiger partial charge in [0.15, 0.2) is 5.76 Å². The summed E-state index contributed by atoms with van der Waals surface area (Å²) in [6.45, 7) is 0.0881. The average Bonchev–Trinajstić information content (AvgIpc) is 2.77. The number of hydrogen-bond acceptors (Lipinski definition) is 4. The molecule has 2 N–H and O–H groups in total. The molecule has 0 bridgehead atoms. The van der Waals surface area contributed by atoms with E-state index in [1.54, 1.807) is 13.2 Å². The maximum atomic E-state index is 12.3. The molecule has 1 heterocycles. The first-order valence-corrected chi connectivity index (χ1v) is 6.07. The Balaban J connectivity index is 2.44. The van der Waals surface area contributed by atoms with Crippen LogP contribution in [0.5, 0.6) is 0 Å². The summed E-state index contributed by atoms with van der Waals surface area (Å²) in [7, 11) is 3.04. The molecule has 6 nitrogen and oxygen atoms in total. The number of amides is 2. The molecule has 20 heavy (non-hydrogen) atoms. The Morgan fingerprint density at radius 1 is 1.35 bits per heavy atom. The number of benzene rings is 1. The van der Waals surface area contributed by atoms with E-state index in [0.29, 0.717) is 11.1 Å². The van der Waals surface area contributed by atoms with Gasteiger partial charge in [0, 0.05) is 25.1 Å². The number of para-hydroxylation sites is 1. The Hall–Kier alpha value is -2.34. The Morgan fingerprint density at radius 2 is 2.05 bits per heavy atom. The summed E-state index contributed by atoms with van der Waals surface area (Å²) in [4.78, 5) is 24.4. The second-order valence-corrected chi connectivity index (χ2v) is 4.47. The third-order valence-electron chi connectivity index (χ3n) is 2.92. The molecule has 0 spiro atoms. The summed E-state index contributed by atoms with van der Waals surface area (Å²) in [5.74, 6) is -0.797. The highest BCUT2D eigenvalue weighted by Crippen LogP contribution is 2.27. The van der Waals surface area contributed by atoms with Crippen LogP contribution in [0.1, 0.15) is 16.1 Å². The number of furan rings is 1. The predicted octanol–water partition coefficient (Wildman–Crippen LogP) is 1.14. The van der Waals surface area contributed by atoms with Crippen molar-refractivity contribution in [3.8, 4) is 0 Å². The lowest BCUT2D eigenvalue weighted by molar-refractivity contribution is -0.118. The van der Waals surface area contributed by atoms with Crippen LogP contribution in [-0.4, -0.2) is 37.4 Å². The number of ether oxygens (including phenoxy) is 1. The zero-order valence-corrected chi connectivity index (χ0v) is 11.4. The van der Waals surface area contributed by atoms with Crippen LogP contribution in [0.2, 0.25) is 0 Å². The fourth-order valence-electron chi connectivity index (χ4n) is 2.04. The standard InChI is InChI=1S/C14H16N2O4/c1-16(7-12(15)17)14(18)13-10(8-19-2)9-5-3-4-6-11(9)20-13/h3-6H,7-8H2,1-2H3,(H2,15,17). The number of nitrogens with two attached hydrogens (primary N) is 1. The second-order valence-electron chi connectivity index (χ2n) is 4.47. The van der Waals surface area contributed by atoms with Gasteiger partial charge in [-0.05, 0) is 6.07 Å². The molecule has 106 valence electrons. The molecule has 1 aromatic heterocycles. The highest BCUT2D eigenvalue weighted by Gasteiger charge is 2.23. The van der Waals surface area contributed by atoms with Crippen molar-refractivity contribution in [3.05, 3.63) is 35.6 Å². The van der Waals surface area contributed by atoms with Gasteiger partial charge in [0.05, 0.1) is 13.2 Å². The van der Waals surface area contributed by atoms with Crippen molar-refractivity contribution in [2.24, 2.45) is 5.73 Å². The molecule has 0 aliphatic rings. The smallest absolute Gasteiger partial charge is 0.290 e. The first-order chi connectivity index (χ1) is 9.54. The SMILES string of the molecule is COCc1c(C(=O)N(C)CC(N)=O)oc2ccccc12. The molecule has 0 unspecified atom stereocenters. The summed E-state index contributed by atoms with van der Waals surface area (Å²) in [5.41, 5.74) is 6.37. The van der Waals surface area contributed by atoms with E-state index in [2.05, 4.69) is 0 Å². The highest BCUT2D eigenvalue weighted by atomic mass is 16.5. The largest absolute Gasteiger partial charge is 0.451 e. The van der Waals surface area contributed by atoms with Gasteiger partial charge >= 0.3 is 0 Å². The van der Waals surface area contributed by atoms with Crippen molar-refractivity contribution < 1.29 is 18.7 Å². The van der Waals surface area contributed by atoms with Crippen molar-refractivity contribution in [2.45, 2.75) is 6.61 Å². The monoisotopic (exact) mass is 276 g/mol. The van der Waals surface area contributed by atoms with Gasteiger partial charge in [-0.3, -0.25) is 9.59 Å². The summed E-state index contributed by atoms with van der Waals surface area (Å²) in [6.07, 6.45) is 0. The van der Waals surface area contributed by atoms with E-state index in [0.717, 1.165) is 5.39 Å². The van der Waals surface area contributed by atoms with E-state index < -0.39 is 11.8 Å². The van der Waals surface area contributed by atoms with Gasteiger partial charge in [-0.15, -0.1) is 0 Å². The van der Waals surface area contributed by atoms with Crippen LogP contribution in [0.25, 0.3) is 11.0 Å². The average molecular weight is 276 g/mol. The van der Waals surface area contributed by atoms with E-state index in [1.165, 1.54) is 11.9 Å². The number of nitrogens with zero attached hydrogens (tertiary/aromatic N) is 1. The molecule has 2 rings (SSSR count). The van der Waals surface area contributed by atoms with Gasteiger partial charge in [0.25, 0.3) is 5.91 Å². The predicted molar refractivity (Wildman–Crippen MR) is 73.1 cm³/mol. The van der Waals surface area contributed by atoms with E-state index in [9.17, 15) is 9.59 Å². The summed E-state index contributed by atoms with van der Waals surface area (Å²) >= 11 is 0. The van der Waals surface area contributed by atoms with Crippen LogP contribution in [0.3, 0.4) is 0 Å². The first kappa shape index (κ1) is 14.1. The number of rotatable bonds is 5. The maximum absolute atomic E-state index is 12.3. The Labute approximate surface area is 116 Å². The van der Waals surface area contributed by atoms with Crippen molar-refractivity contribution in [2.75, 3.05) is 20.7 Å². The lowest BCUT2D eigenvalue weighted by atomic mass is 10.1. The van der Waals surface area contributed by atoms with E-state index in [1.807, 2.05) is 18.2 Å². The number of carbonyl (C=O) groups is 2. The lowest BCUT2D eigenvalue weighted by Gasteiger charge is -2.14. The minimum Gasteiger partial charge on any atom is -0.451 e. The minimum atomic E-state index is -0.578. The van der Waals surface area contributed by atoms with Gasteiger partial charge in [-0.1, -0.05) is 18.2 Å². The topological polar surface area (TPSA) is 85.8 Å². The van der Waals surface area contributed by atoms with Crippen molar-refractivity contribution in [1.29, 1.82) is 0 Å². The number of fused-ring (bicyclic) bond motifs is 1. The van der Waals surface area contributed by atoms with Crippen LogP contribution in [-0.2, 0) is 16.1 Å². The molecular formula is C14H16N2O4. The molecule has 0 aliphatic carbocycles. The van der Waals surface area contributed by atoms with Crippen molar-refractivity contribution in [1.82, 2.24) is 4.90 Å². The number of carbonyl (C=O) groups excluding carboxylic acids is 2. The number of hydrogen-bond donors (Lipinski definition) is 1. The molecule has 2 amide bonds. The zero-order valence-electron chi connectivity index (χ0n) is 11.4. The molecule has 0 aliphatic heterocycles.